The van der Waals surface area contributed by atoms with Crippen LogP contribution in [0, 0.1) is 12.8 Å². The molecule has 18 heavy (non-hydrogen) atoms. The van der Waals surface area contributed by atoms with Gasteiger partial charge in [0.05, 0.1) is 0 Å². The zero-order valence-corrected chi connectivity index (χ0v) is 11.1. The van der Waals surface area contributed by atoms with Gasteiger partial charge in [0.15, 0.2) is 5.78 Å². The number of rotatable bonds is 2. The lowest BCUT2D eigenvalue weighted by Gasteiger charge is -2.28. The number of hydrogen-bond acceptors (Lipinski definition) is 2. The molecule has 3 rings (SSSR count). The zero-order chi connectivity index (χ0) is 12.5. The molecule has 1 fully saturated rings. The molecule has 1 aromatic carbocycles. The maximum atomic E-state index is 12.5. The average Bonchev–Trinajstić information content (AvgIpc) is 2.86. The highest BCUT2D eigenvalue weighted by Gasteiger charge is 2.29. The lowest BCUT2D eigenvalue weighted by molar-refractivity contribution is 0.0868. The monoisotopic (exact) mass is 243 g/mol. The number of Topliss-reactive ketones (excluding diaryl/α,β-unsaturated/α-hetero) is 1. The molecule has 1 aliphatic carbocycles. The van der Waals surface area contributed by atoms with Crippen LogP contribution in [0.5, 0.6) is 0 Å². The van der Waals surface area contributed by atoms with Crippen molar-refractivity contribution in [3.63, 3.8) is 0 Å². The van der Waals surface area contributed by atoms with Crippen LogP contribution in [-0.4, -0.2) is 30.3 Å². The van der Waals surface area contributed by atoms with E-state index < -0.39 is 0 Å². The van der Waals surface area contributed by atoms with E-state index in [1.807, 2.05) is 12.1 Å². The first kappa shape index (κ1) is 11.9. The standard InChI is InChI=1S/C16H21NO/c1-12-5-4-6-15-14(12)8-7-13(16(15)18)11-17-9-2-3-10-17/h4-6,13H,2-3,7-11H2,1H3. The molecule has 2 heteroatoms. The van der Waals surface area contributed by atoms with Crippen molar-refractivity contribution in [1.29, 1.82) is 0 Å². The molecule has 0 radical (unpaired) electrons. The highest BCUT2D eigenvalue weighted by atomic mass is 16.1. The summed E-state index contributed by atoms with van der Waals surface area (Å²) in [5.74, 6) is 0.615. The molecule has 1 saturated heterocycles. The summed E-state index contributed by atoms with van der Waals surface area (Å²) in [6.07, 6.45) is 4.71. The molecule has 2 nitrogen and oxygen atoms in total. The lowest BCUT2D eigenvalue weighted by Crippen LogP contribution is -2.34. The second-order valence-electron chi connectivity index (χ2n) is 5.71. The second kappa shape index (κ2) is 4.85. The van der Waals surface area contributed by atoms with Gasteiger partial charge in [0, 0.05) is 18.0 Å². The summed E-state index contributed by atoms with van der Waals surface area (Å²) in [5, 5.41) is 0. The number of carbonyl (C=O) groups excluding carboxylic acids is 1. The Kier molecular flexibility index (Phi) is 3.21. The highest BCUT2D eigenvalue weighted by molar-refractivity contribution is 6.00. The van der Waals surface area contributed by atoms with Crippen molar-refractivity contribution in [3.05, 3.63) is 34.9 Å². The van der Waals surface area contributed by atoms with Crippen molar-refractivity contribution in [1.82, 2.24) is 4.90 Å². The van der Waals surface area contributed by atoms with Gasteiger partial charge >= 0.3 is 0 Å². The smallest absolute Gasteiger partial charge is 0.167 e. The van der Waals surface area contributed by atoms with E-state index in [1.54, 1.807) is 0 Å². The van der Waals surface area contributed by atoms with Crippen molar-refractivity contribution in [2.45, 2.75) is 32.6 Å². The van der Waals surface area contributed by atoms with E-state index in [0.29, 0.717) is 5.78 Å². The van der Waals surface area contributed by atoms with Gasteiger partial charge in [-0.05, 0) is 56.8 Å². The van der Waals surface area contributed by atoms with Crippen LogP contribution >= 0.6 is 0 Å². The SMILES string of the molecule is Cc1cccc2c1CCC(CN1CCCC1)C2=O. The molecule has 0 spiro atoms. The molecule has 0 saturated carbocycles. The summed E-state index contributed by atoms with van der Waals surface area (Å²) >= 11 is 0. The van der Waals surface area contributed by atoms with E-state index in [9.17, 15) is 4.79 Å². The third-order valence-electron chi connectivity index (χ3n) is 4.47. The largest absolute Gasteiger partial charge is 0.303 e. The fourth-order valence-electron chi connectivity index (χ4n) is 3.39. The van der Waals surface area contributed by atoms with E-state index in [1.165, 1.54) is 37.1 Å². The Balaban J connectivity index is 1.79. The van der Waals surface area contributed by atoms with Crippen LogP contribution in [0.25, 0.3) is 0 Å². The van der Waals surface area contributed by atoms with Gasteiger partial charge in [-0.25, -0.2) is 0 Å². The number of aryl methyl sites for hydroxylation is 1. The van der Waals surface area contributed by atoms with Crippen molar-refractivity contribution in [2.24, 2.45) is 5.92 Å². The van der Waals surface area contributed by atoms with Crippen LogP contribution in [-0.2, 0) is 6.42 Å². The van der Waals surface area contributed by atoms with Crippen molar-refractivity contribution >= 4 is 5.78 Å². The van der Waals surface area contributed by atoms with Crippen LogP contribution in [0.1, 0.15) is 40.7 Å². The maximum Gasteiger partial charge on any atom is 0.167 e. The summed E-state index contributed by atoms with van der Waals surface area (Å²) in [6.45, 7) is 5.47. The van der Waals surface area contributed by atoms with Gasteiger partial charge < -0.3 is 4.90 Å². The predicted octanol–water partition coefficient (Wildman–Crippen LogP) is 2.84. The van der Waals surface area contributed by atoms with Gasteiger partial charge in [-0.3, -0.25) is 4.79 Å². The van der Waals surface area contributed by atoms with E-state index in [-0.39, 0.29) is 5.92 Å². The summed E-state index contributed by atoms with van der Waals surface area (Å²) < 4.78 is 0. The summed E-state index contributed by atoms with van der Waals surface area (Å²) in [6, 6.07) is 6.15. The van der Waals surface area contributed by atoms with Gasteiger partial charge in [-0.15, -0.1) is 0 Å². The quantitative estimate of drug-likeness (QED) is 0.796. The molecule has 1 aromatic rings. The number of nitrogens with zero attached hydrogens (tertiary/aromatic N) is 1. The molecular formula is C16H21NO. The molecular weight excluding hydrogens is 222 g/mol. The lowest BCUT2D eigenvalue weighted by atomic mass is 9.81. The van der Waals surface area contributed by atoms with Crippen molar-refractivity contribution in [2.75, 3.05) is 19.6 Å². The van der Waals surface area contributed by atoms with Gasteiger partial charge in [0.2, 0.25) is 0 Å². The predicted molar refractivity (Wildman–Crippen MR) is 73.0 cm³/mol. The number of benzene rings is 1. The molecule has 1 atom stereocenters. The topological polar surface area (TPSA) is 20.3 Å². The molecule has 96 valence electrons. The first-order chi connectivity index (χ1) is 8.75. The second-order valence-corrected chi connectivity index (χ2v) is 5.71. The third kappa shape index (κ3) is 2.10. The average molecular weight is 243 g/mol. The number of fused-ring (bicyclic) bond motifs is 1. The molecule has 0 amide bonds. The van der Waals surface area contributed by atoms with E-state index >= 15 is 0 Å². The Hall–Kier alpha value is -1.15. The fraction of sp³-hybridized carbons (Fsp3) is 0.562. The van der Waals surface area contributed by atoms with E-state index in [4.69, 9.17) is 0 Å². The minimum absolute atomic E-state index is 0.234. The zero-order valence-electron chi connectivity index (χ0n) is 11.1. The Bertz CT molecular complexity index is 460. The minimum Gasteiger partial charge on any atom is -0.303 e. The van der Waals surface area contributed by atoms with Crippen LogP contribution in [0.15, 0.2) is 18.2 Å². The molecule has 1 aliphatic heterocycles. The fourth-order valence-corrected chi connectivity index (χ4v) is 3.39. The first-order valence-electron chi connectivity index (χ1n) is 7.11. The summed E-state index contributed by atoms with van der Waals surface area (Å²) in [5.41, 5.74) is 3.56. The van der Waals surface area contributed by atoms with Crippen LogP contribution in [0.3, 0.4) is 0 Å². The number of carbonyl (C=O) groups is 1. The van der Waals surface area contributed by atoms with Crippen molar-refractivity contribution in [3.8, 4) is 0 Å². The van der Waals surface area contributed by atoms with E-state index in [2.05, 4.69) is 17.9 Å². The van der Waals surface area contributed by atoms with Crippen LogP contribution in [0.4, 0.5) is 0 Å². The highest BCUT2D eigenvalue weighted by Crippen LogP contribution is 2.29. The van der Waals surface area contributed by atoms with Gasteiger partial charge in [-0.2, -0.15) is 0 Å². The van der Waals surface area contributed by atoms with Crippen molar-refractivity contribution < 1.29 is 4.79 Å². The Morgan fingerprint density at radius 2 is 2.06 bits per heavy atom. The summed E-state index contributed by atoms with van der Waals surface area (Å²) in [4.78, 5) is 15.0. The normalized spacial score (nSPS) is 24.3. The number of likely N-dealkylation sites (tertiary alicyclic amines) is 1. The maximum absolute atomic E-state index is 12.5. The number of ketones is 1. The minimum atomic E-state index is 0.234. The van der Waals surface area contributed by atoms with Crippen LogP contribution < -0.4 is 0 Å². The molecule has 0 N–H and O–H groups in total. The van der Waals surface area contributed by atoms with Gasteiger partial charge in [0.25, 0.3) is 0 Å². The number of hydrogen-bond donors (Lipinski definition) is 0. The molecule has 1 unspecified atom stereocenters. The summed E-state index contributed by atoms with van der Waals surface area (Å²) in [7, 11) is 0. The first-order valence-corrected chi connectivity index (χ1v) is 7.11. The van der Waals surface area contributed by atoms with Gasteiger partial charge in [0.1, 0.15) is 0 Å². The molecule has 2 aliphatic rings. The molecule has 0 aromatic heterocycles. The van der Waals surface area contributed by atoms with Gasteiger partial charge in [-0.1, -0.05) is 18.2 Å². The van der Waals surface area contributed by atoms with E-state index in [0.717, 1.165) is 24.9 Å². The van der Waals surface area contributed by atoms with Crippen LogP contribution in [0.2, 0.25) is 0 Å². The Morgan fingerprint density at radius 3 is 2.83 bits per heavy atom. The third-order valence-corrected chi connectivity index (χ3v) is 4.47. The Morgan fingerprint density at radius 1 is 1.28 bits per heavy atom. The Labute approximate surface area is 109 Å². The molecule has 0 bridgehead atoms. The molecule has 1 heterocycles.